The van der Waals surface area contributed by atoms with Gasteiger partial charge in [0, 0.05) is 44.7 Å². The molecule has 2 aliphatic rings. The first-order valence-electron chi connectivity index (χ1n) is 12.2. The number of aromatic nitrogens is 1. The van der Waals surface area contributed by atoms with E-state index in [1.807, 2.05) is 48.2 Å². The summed E-state index contributed by atoms with van der Waals surface area (Å²) < 4.78 is 11.1. The summed E-state index contributed by atoms with van der Waals surface area (Å²) in [7, 11) is 5.69. The molecule has 1 fully saturated rings. The van der Waals surface area contributed by atoms with E-state index in [2.05, 4.69) is 18.2 Å². The highest BCUT2D eigenvalue weighted by molar-refractivity contribution is 5.85. The highest BCUT2D eigenvalue weighted by Gasteiger charge is 2.29. The van der Waals surface area contributed by atoms with Crippen molar-refractivity contribution in [3.8, 4) is 5.75 Å². The maximum Gasteiger partial charge on any atom is 0.252 e. The Morgan fingerprint density at radius 2 is 1.82 bits per heavy atom. The molecule has 1 aliphatic carbocycles. The summed E-state index contributed by atoms with van der Waals surface area (Å²) in [6.45, 7) is 1.65. The number of pyridine rings is 1. The van der Waals surface area contributed by atoms with Gasteiger partial charge < -0.3 is 19.3 Å². The van der Waals surface area contributed by atoms with E-state index in [1.165, 1.54) is 17.5 Å². The lowest BCUT2D eigenvalue weighted by Gasteiger charge is -2.28. The summed E-state index contributed by atoms with van der Waals surface area (Å²) in [6.07, 6.45) is 4.83. The zero-order valence-electron chi connectivity index (χ0n) is 20.3. The Hall–Kier alpha value is -3.12. The molecule has 1 saturated heterocycles. The molecule has 6 heteroatoms. The van der Waals surface area contributed by atoms with E-state index in [-0.39, 0.29) is 12.0 Å². The monoisotopic (exact) mass is 459 g/mol. The summed E-state index contributed by atoms with van der Waals surface area (Å²) in [5.41, 5.74) is 6.00. The Morgan fingerprint density at radius 1 is 1.06 bits per heavy atom. The number of carbonyl (C=O) groups excluding carboxylic acids is 1. The second-order valence-electron chi connectivity index (χ2n) is 9.58. The summed E-state index contributed by atoms with van der Waals surface area (Å²) in [5.74, 6) is 1.76. The van der Waals surface area contributed by atoms with Crippen LogP contribution in [0.25, 0.3) is 10.9 Å². The van der Waals surface area contributed by atoms with Crippen LogP contribution in [-0.2, 0) is 35.5 Å². The molecule has 2 heterocycles. The molecule has 3 aromatic rings. The zero-order chi connectivity index (χ0) is 23.7. The number of hydrogen-bond donors (Lipinski definition) is 0. The van der Waals surface area contributed by atoms with Crippen molar-refractivity contribution in [2.24, 2.45) is 0 Å². The molecule has 6 nitrogen and oxygen atoms in total. The second-order valence-corrected chi connectivity index (χ2v) is 9.58. The topological polar surface area (TPSA) is 54.9 Å². The van der Waals surface area contributed by atoms with Crippen molar-refractivity contribution in [2.45, 2.75) is 51.3 Å². The van der Waals surface area contributed by atoms with E-state index in [0.717, 1.165) is 59.3 Å². The zero-order valence-corrected chi connectivity index (χ0v) is 20.3. The quantitative estimate of drug-likeness (QED) is 0.521. The van der Waals surface area contributed by atoms with Crippen LogP contribution >= 0.6 is 0 Å². The minimum absolute atomic E-state index is 0.0482. The first kappa shape index (κ1) is 22.7. The predicted octanol–water partition coefficient (Wildman–Crippen LogP) is 4.51. The minimum Gasteiger partial charge on any atom is -0.497 e. The average Bonchev–Trinajstić information content (AvgIpc) is 3.54. The largest absolute Gasteiger partial charge is 0.497 e. The molecule has 0 bridgehead atoms. The van der Waals surface area contributed by atoms with Crippen molar-refractivity contribution in [3.05, 3.63) is 64.7 Å². The van der Waals surface area contributed by atoms with Gasteiger partial charge in [-0.1, -0.05) is 12.1 Å². The van der Waals surface area contributed by atoms with E-state index in [1.54, 1.807) is 7.11 Å². The van der Waals surface area contributed by atoms with Gasteiger partial charge >= 0.3 is 0 Å². The first-order chi connectivity index (χ1) is 16.5. The van der Waals surface area contributed by atoms with Gasteiger partial charge in [-0.05, 0) is 79.1 Å². The van der Waals surface area contributed by atoms with Crippen LogP contribution in [0.5, 0.6) is 5.75 Å². The van der Waals surface area contributed by atoms with E-state index in [0.29, 0.717) is 19.7 Å². The fraction of sp³-hybridized carbons (Fsp3) is 0.429. The van der Waals surface area contributed by atoms with Gasteiger partial charge in [-0.2, -0.15) is 0 Å². The fourth-order valence-corrected chi connectivity index (χ4v) is 5.13. The lowest BCUT2D eigenvalue weighted by molar-refractivity contribution is -0.142. The molecule has 178 valence electrons. The third-order valence-electron chi connectivity index (χ3n) is 6.92. The number of rotatable bonds is 7. The number of anilines is 1. The molecule has 1 amide bonds. The number of carbonyl (C=O) groups is 1. The van der Waals surface area contributed by atoms with Gasteiger partial charge in [0.2, 0.25) is 0 Å². The van der Waals surface area contributed by atoms with Crippen molar-refractivity contribution in [2.75, 3.05) is 32.7 Å². The molecule has 1 unspecified atom stereocenters. The number of methoxy groups -OCH3 is 1. The fourth-order valence-electron chi connectivity index (χ4n) is 5.13. The number of hydrogen-bond acceptors (Lipinski definition) is 5. The number of ether oxygens (including phenoxy) is 2. The normalized spacial score (nSPS) is 17.1. The summed E-state index contributed by atoms with van der Waals surface area (Å²) in [6, 6.07) is 14.7. The van der Waals surface area contributed by atoms with Crippen LogP contribution in [0.1, 0.15) is 41.5 Å². The molecule has 0 radical (unpaired) electrons. The summed E-state index contributed by atoms with van der Waals surface area (Å²) in [5, 5.41) is 1.15. The SMILES string of the molecule is COc1ccc(CN(Cc2cc3cc4c(cc3nc2N(C)C)CCC4)C(=O)C2CCCO2)cc1. The Bertz CT molecular complexity index is 1180. The van der Waals surface area contributed by atoms with Crippen molar-refractivity contribution < 1.29 is 14.3 Å². The van der Waals surface area contributed by atoms with Crippen LogP contribution in [0.4, 0.5) is 5.82 Å². The Morgan fingerprint density at radius 3 is 2.50 bits per heavy atom. The number of aryl methyl sites for hydroxylation is 2. The first-order valence-corrected chi connectivity index (χ1v) is 12.2. The average molecular weight is 460 g/mol. The van der Waals surface area contributed by atoms with Crippen molar-refractivity contribution in [3.63, 3.8) is 0 Å². The molecule has 1 aliphatic heterocycles. The molecule has 34 heavy (non-hydrogen) atoms. The van der Waals surface area contributed by atoms with Gasteiger partial charge in [0.15, 0.2) is 0 Å². The summed E-state index contributed by atoms with van der Waals surface area (Å²) >= 11 is 0. The second kappa shape index (κ2) is 9.63. The van der Waals surface area contributed by atoms with Gasteiger partial charge in [0.1, 0.15) is 17.7 Å². The van der Waals surface area contributed by atoms with Crippen molar-refractivity contribution in [1.29, 1.82) is 0 Å². The number of nitrogens with zero attached hydrogens (tertiary/aromatic N) is 3. The van der Waals surface area contributed by atoms with Crippen LogP contribution in [0.3, 0.4) is 0 Å². The third-order valence-corrected chi connectivity index (χ3v) is 6.92. The van der Waals surface area contributed by atoms with Gasteiger partial charge in [0.25, 0.3) is 5.91 Å². The molecule has 5 rings (SSSR count). The van der Waals surface area contributed by atoms with Crippen molar-refractivity contribution in [1.82, 2.24) is 9.88 Å². The molecule has 0 saturated carbocycles. The van der Waals surface area contributed by atoms with Gasteiger partial charge in [-0.15, -0.1) is 0 Å². The van der Waals surface area contributed by atoms with Crippen molar-refractivity contribution >= 4 is 22.6 Å². The molecule has 1 aromatic heterocycles. The van der Waals surface area contributed by atoms with Gasteiger partial charge in [-0.25, -0.2) is 4.98 Å². The Labute approximate surface area is 201 Å². The van der Waals surface area contributed by atoms with Crippen LogP contribution in [0.15, 0.2) is 42.5 Å². The number of amides is 1. The predicted molar refractivity (Wildman–Crippen MR) is 134 cm³/mol. The van der Waals surface area contributed by atoms with Crippen LogP contribution in [0.2, 0.25) is 0 Å². The molecule has 2 aromatic carbocycles. The Kier molecular flexibility index (Phi) is 6.42. The smallest absolute Gasteiger partial charge is 0.252 e. The standard InChI is InChI=1S/C28H33N3O3/c1-30(2)27-23(15-22-14-20-6-4-7-21(20)16-25(22)29-27)18-31(28(32)26-8-5-13-34-26)17-19-9-11-24(33-3)12-10-19/h9-12,14-16,26H,4-8,13,17-18H2,1-3H3. The highest BCUT2D eigenvalue weighted by Crippen LogP contribution is 2.31. The lowest BCUT2D eigenvalue weighted by Crippen LogP contribution is -2.38. The molecule has 0 spiro atoms. The van der Waals surface area contributed by atoms with E-state index < -0.39 is 0 Å². The molecule has 0 N–H and O–H groups in total. The minimum atomic E-state index is -0.363. The van der Waals surface area contributed by atoms with E-state index in [9.17, 15) is 4.79 Å². The summed E-state index contributed by atoms with van der Waals surface area (Å²) in [4.78, 5) is 22.5. The Balaban J connectivity index is 1.50. The maximum atomic E-state index is 13.5. The van der Waals surface area contributed by atoms with E-state index >= 15 is 0 Å². The van der Waals surface area contributed by atoms with Crippen LogP contribution in [-0.4, -0.2) is 49.7 Å². The number of benzene rings is 2. The van der Waals surface area contributed by atoms with Crippen LogP contribution < -0.4 is 9.64 Å². The molecule has 1 atom stereocenters. The highest BCUT2D eigenvalue weighted by atomic mass is 16.5. The molecular weight excluding hydrogens is 426 g/mol. The maximum absolute atomic E-state index is 13.5. The van der Waals surface area contributed by atoms with E-state index in [4.69, 9.17) is 14.5 Å². The van der Waals surface area contributed by atoms with Gasteiger partial charge in [0.05, 0.1) is 12.6 Å². The van der Waals surface area contributed by atoms with Crippen LogP contribution in [0, 0.1) is 0 Å². The molecular formula is C28H33N3O3. The lowest BCUT2D eigenvalue weighted by atomic mass is 10.0. The van der Waals surface area contributed by atoms with Gasteiger partial charge in [-0.3, -0.25) is 4.79 Å². The third kappa shape index (κ3) is 4.60. The number of fused-ring (bicyclic) bond motifs is 2.